The van der Waals surface area contributed by atoms with Crippen molar-refractivity contribution in [2.75, 3.05) is 6.54 Å². The first-order chi connectivity index (χ1) is 10.0. The second-order valence-corrected chi connectivity index (χ2v) is 6.60. The molecule has 4 nitrogen and oxygen atoms in total. The summed E-state index contributed by atoms with van der Waals surface area (Å²) in [5, 5.41) is 6.05. The third-order valence-corrected chi connectivity index (χ3v) is 4.18. The van der Waals surface area contributed by atoms with E-state index in [4.69, 9.17) is 11.6 Å². The number of nitrogens with one attached hydrogen (secondary N) is 2. The molecule has 0 spiro atoms. The summed E-state index contributed by atoms with van der Waals surface area (Å²) in [6, 6.07) is 5.19. The lowest BCUT2D eigenvalue weighted by atomic mass is 9.95. The minimum absolute atomic E-state index is 0.0144. The lowest BCUT2D eigenvalue weighted by Gasteiger charge is -2.22. The lowest BCUT2D eigenvalue weighted by molar-refractivity contribution is -0.121. The minimum atomic E-state index is -0.308. The van der Waals surface area contributed by atoms with Gasteiger partial charge < -0.3 is 10.6 Å². The van der Waals surface area contributed by atoms with Crippen LogP contribution in [0, 0.1) is 0 Å². The van der Waals surface area contributed by atoms with Gasteiger partial charge in [-0.2, -0.15) is 0 Å². The van der Waals surface area contributed by atoms with Crippen LogP contribution in [0.1, 0.15) is 42.5 Å². The van der Waals surface area contributed by atoms with E-state index >= 15 is 0 Å². The molecule has 114 valence electrons. The zero-order chi connectivity index (χ0) is 15.2. The van der Waals surface area contributed by atoms with Gasteiger partial charge in [0.05, 0.1) is 6.54 Å². The average Bonchev–Trinajstić information content (AvgIpc) is 2.45. The highest BCUT2D eigenvalue weighted by atomic mass is 79.9. The summed E-state index contributed by atoms with van der Waals surface area (Å²) in [6.07, 6.45) is 5.62. The molecule has 6 heteroatoms. The van der Waals surface area contributed by atoms with Crippen molar-refractivity contribution in [2.45, 2.75) is 38.1 Å². The summed E-state index contributed by atoms with van der Waals surface area (Å²) < 4.78 is 0.729. The monoisotopic (exact) mass is 372 g/mol. The molecule has 0 radical (unpaired) electrons. The fourth-order valence-corrected chi connectivity index (χ4v) is 3.33. The molecule has 0 bridgehead atoms. The molecule has 2 rings (SSSR count). The Kier molecular flexibility index (Phi) is 6.06. The third kappa shape index (κ3) is 5.32. The molecule has 0 unspecified atom stereocenters. The van der Waals surface area contributed by atoms with Gasteiger partial charge in [-0.25, -0.2) is 0 Å². The van der Waals surface area contributed by atoms with Gasteiger partial charge in [0.2, 0.25) is 5.91 Å². The highest BCUT2D eigenvalue weighted by molar-refractivity contribution is 9.10. The summed E-state index contributed by atoms with van der Waals surface area (Å²) in [5.74, 6) is -0.451. The van der Waals surface area contributed by atoms with E-state index in [1.165, 1.54) is 6.42 Å². The maximum atomic E-state index is 12.0. The first kappa shape index (κ1) is 16.3. The van der Waals surface area contributed by atoms with Gasteiger partial charge in [0, 0.05) is 21.1 Å². The highest BCUT2D eigenvalue weighted by Crippen LogP contribution is 2.19. The Morgan fingerprint density at radius 3 is 2.57 bits per heavy atom. The van der Waals surface area contributed by atoms with E-state index in [-0.39, 0.29) is 24.4 Å². The number of halogens is 2. The molecule has 0 aromatic heterocycles. The van der Waals surface area contributed by atoms with Gasteiger partial charge in [0.25, 0.3) is 5.91 Å². The standard InChI is InChI=1S/C15H18BrClN2O2/c16-11-6-10(7-12(17)8-11)15(21)18-9-14(20)19-13-4-2-1-3-5-13/h6-8,13H,1-5,9H2,(H,18,21)(H,19,20). The SMILES string of the molecule is O=C(CNC(=O)c1cc(Cl)cc(Br)c1)NC1CCCCC1. The number of rotatable bonds is 4. The number of benzene rings is 1. The topological polar surface area (TPSA) is 58.2 Å². The third-order valence-electron chi connectivity index (χ3n) is 3.50. The van der Waals surface area contributed by atoms with E-state index in [0.717, 1.165) is 30.2 Å². The van der Waals surface area contributed by atoms with E-state index in [2.05, 4.69) is 26.6 Å². The zero-order valence-electron chi connectivity index (χ0n) is 11.6. The van der Waals surface area contributed by atoms with Crippen LogP contribution in [0.2, 0.25) is 5.02 Å². The van der Waals surface area contributed by atoms with Crippen LogP contribution in [0.4, 0.5) is 0 Å². The molecule has 2 N–H and O–H groups in total. The Labute approximate surface area is 137 Å². The van der Waals surface area contributed by atoms with E-state index in [9.17, 15) is 9.59 Å². The molecule has 21 heavy (non-hydrogen) atoms. The van der Waals surface area contributed by atoms with Crippen molar-refractivity contribution in [3.05, 3.63) is 33.3 Å². The van der Waals surface area contributed by atoms with Crippen molar-refractivity contribution in [1.82, 2.24) is 10.6 Å². The van der Waals surface area contributed by atoms with Crippen LogP contribution >= 0.6 is 27.5 Å². The number of carbonyl (C=O) groups excluding carboxylic acids is 2. The second-order valence-electron chi connectivity index (χ2n) is 5.24. The quantitative estimate of drug-likeness (QED) is 0.851. The predicted molar refractivity (Wildman–Crippen MR) is 86.5 cm³/mol. The molecule has 1 aromatic rings. The van der Waals surface area contributed by atoms with Crippen LogP contribution in [0.15, 0.2) is 22.7 Å². The van der Waals surface area contributed by atoms with E-state index in [1.54, 1.807) is 18.2 Å². The summed E-state index contributed by atoms with van der Waals surface area (Å²) in [5.41, 5.74) is 0.430. The summed E-state index contributed by atoms with van der Waals surface area (Å²) in [4.78, 5) is 23.8. The van der Waals surface area contributed by atoms with Crippen molar-refractivity contribution in [1.29, 1.82) is 0 Å². The number of amides is 2. The Hall–Kier alpha value is -1.07. The van der Waals surface area contributed by atoms with Gasteiger partial charge in [-0.1, -0.05) is 46.8 Å². The fraction of sp³-hybridized carbons (Fsp3) is 0.467. The molecule has 0 heterocycles. The van der Waals surface area contributed by atoms with Gasteiger partial charge in [-0.05, 0) is 31.0 Å². The van der Waals surface area contributed by atoms with Crippen LogP contribution in [0.3, 0.4) is 0 Å². The lowest BCUT2D eigenvalue weighted by Crippen LogP contribution is -2.42. The smallest absolute Gasteiger partial charge is 0.251 e. The van der Waals surface area contributed by atoms with Crippen molar-refractivity contribution in [2.24, 2.45) is 0 Å². The zero-order valence-corrected chi connectivity index (χ0v) is 14.0. The van der Waals surface area contributed by atoms with Crippen LogP contribution in [0.5, 0.6) is 0 Å². The van der Waals surface area contributed by atoms with Gasteiger partial charge in [0.1, 0.15) is 0 Å². The summed E-state index contributed by atoms with van der Waals surface area (Å²) in [7, 11) is 0. The van der Waals surface area contributed by atoms with Gasteiger partial charge in [-0.3, -0.25) is 9.59 Å². The van der Waals surface area contributed by atoms with Crippen molar-refractivity contribution < 1.29 is 9.59 Å². The molecule has 0 aliphatic heterocycles. The maximum absolute atomic E-state index is 12.0. The molecule has 1 fully saturated rings. The van der Waals surface area contributed by atoms with Gasteiger partial charge in [-0.15, -0.1) is 0 Å². The normalized spacial score (nSPS) is 15.5. The van der Waals surface area contributed by atoms with Crippen molar-refractivity contribution in [3.8, 4) is 0 Å². The summed E-state index contributed by atoms with van der Waals surface area (Å²) >= 11 is 9.18. The number of carbonyl (C=O) groups is 2. The first-order valence-electron chi connectivity index (χ1n) is 7.08. The Balaban J connectivity index is 1.81. The van der Waals surface area contributed by atoms with Crippen LogP contribution in [-0.2, 0) is 4.79 Å². The second kappa shape index (κ2) is 7.80. The van der Waals surface area contributed by atoms with Crippen LogP contribution in [-0.4, -0.2) is 24.4 Å². The van der Waals surface area contributed by atoms with Crippen molar-refractivity contribution in [3.63, 3.8) is 0 Å². The molecule has 0 atom stereocenters. The van der Waals surface area contributed by atoms with Gasteiger partial charge >= 0.3 is 0 Å². The van der Waals surface area contributed by atoms with Gasteiger partial charge in [0.15, 0.2) is 0 Å². The minimum Gasteiger partial charge on any atom is -0.352 e. The Bertz CT molecular complexity index is 510. The number of hydrogen-bond donors (Lipinski definition) is 2. The molecule has 2 amide bonds. The van der Waals surface area contributed by atoms with Crippen molar-refractivity contribution >= 4 is 39.3 Å². The average molecular weight is 374 g/mol. The maximum Gasteiger partial charge on any atom is 0.251 e. The highest BCUT2D eigenvalue weighted by Gasteiger charge is 2.16. The molecular weight excluding hydrogens is 356 g/mol. The molecular formula is C15H18BrClN2O2. The largest absolute Gasteiger partial charge is 0.352 e. The predicted octanol–water partition coefficient (Wildman–Crippen LogP) is 3.28. The van der Waals surface area contributed by atoms with E-state index in [1.807, 2.05) is 0 Å². The summed E-state index contributed by atoms with van der Waals surface area (Å²) in [6.45, 7) is -0.0144. The fourth-order valence-electron chi connectivity index (χ4n) is 2.47. The molecule has 1 aromatic carbocycles. The molecule has 1 aliphatic rings. The van der Waals surface area contributed by atoms with E-state index < -0.39 is 0 Å². The van der Waals surface area contributed by atoms with E-state index in [0.29, 0.717) is 10.6 Å². The Morgan fingerprint density at radius 2 is 1.90 bits per heavy atom. The Morgan fingerprint density at radius 1 is 1.19 bits per heavy atom. The molecule has 0 saturated heterocycles. The van der Waals surface area contributed by atoms with Crippen LogP contribution in [0.25, 0.3) is 0 Å². The molecule has 1 saturated carbocycles. The molecule has 1 aliphatic carbocycles. The van der Waals surface area contributed by atoms with Crippen LogP contribution < -0.4 is 10.6 Å². The number of hydrogen-bond acceptors (Lipinski definition) is 2. The first-order valence-corrected chi connectivity index (χ1v) is 8.25.